The standard InChI is InChI=1S/C23H34F2N2OS/c1-4-6-8-9-15-28-20-14-13-19(21(24)22(20)25)17(3)11-12-18(10-7-5-2)23-27-26-16-29-23/h13-14,16-18H,4-12,15H2,1-3H3. The molecule has 6 heteroatoms. The molecule has 0 aliphatic rings. The van der Waals surface area contributed by atoms with Crippen LogP contribution in [0.25, 0.3) is 0 Å². The van der Waals surface area contributed by atoms with Gasteiger partial charge in [0.05, 0.1) is 6.61 Å². The van der Waals surface area contributed by atoms with Crippen LogP contribution >= 0.6 is 11.3 Å². The molecule has 1 heterocycles. The van der Waals surface area contributed by atoms with E-state index in [1.165, 1.54) is 0 Å². The van der Waals surface area contributed by atoms with Crippen molar-refractivity contribution in [3.05, 3.63) is 39.8 Å². The fourth-order valence-electron chi connectivity index (χ4n) is 3.56. The van der Waals surface area contributed by atoms with E-state index in [0.717, 1.165) is 62.8 Å². The second-order valence-corrected chi connectivity index (χ2v) is 8.65. The summed E-state index contributed by atoms with van der Waals surface area (Å²) in [6.45, 7) is 6.69. The van der Waals surface area contributed by atoms with E-state index in [9.17, 15) is 8.78 Å². The van der Waals surface area contributed by atoms with Gasteiger partial charge in [0.2, 0.25) is 5.82 Å². The van der Waals surface area contributed by atoms with Crippen molar-refractivity contribution in [1.29, 1.82) is 0 Å². The van der Waals surface area contributed by atoms with E-state index in [1.807, 2.05) is 6.92 Å². The van der Waals surface area contributed by atoms with Gasteiger partial charge in [-0.3, -0.25) is 0 Å². The molecule has 2 aromatic rings. The van der Waals surface area contributed by atoms with Gasteiger partial charge in [0.15, 0.2) is 11.6 Å². The van der Waals surface area contributed by atoms with Crippen LogP contribution in [0, 0.1) is 11.6 Å². The van der Waals surface area contributed by atoms with E-state index in [-0.39, 0.29) is 11.7 Å². The largest absolute Gasteiger partial charge is 0.490 e. The molecule has 0 amide bonds. The van der Waals surface area contributed by atoms with E-state index in [1.54, 1.807) is 29.0 Å². The third-order valence-corrected chi connectivity index (χ3v) is 6.30. The average Bonchev–Trinajstić information content (AvgIpc) is 3.25. The molecule has 0 bridgehead atoms. The lowest BCUT2D eigenvalue weighted by Crippen LogP contribution is -2.07. The number of rotatable bonds is 14. The first-order valence-electron chi connectivity index (χ1n) is 10.9. The average molecular weight is 425 g/mol. The molecule has 0 radical (unpaired) electrons. The number of halogens is 2. The van der Waals surface area contributed by atoms with Gasteiger partial charge in [0.25, 0.3) is 0 Å². The second-order valence-electron chi connectivity index (χ2n) is 7.78. The fraction of sp³-hybridized carbons (Fsp3) is 0.652. The highest BCUT2D eigenvalue weighted by Crippen LogP contribution is 2.34. The lowest BCUT2D eigenvalue weighted by Gasteiger charge is -2.18. The Hall–Kier alpha value is -1.56. The Morgan fingerprint density at radius 2 is 1.76 bits per heavy atom. The summed E-state index contributed by atoms with van der Waals surface area (Å²) in [4.78, 5) is 0. The summed E-state index contributed by atoms with van der Waals surface area (Å²) in [6.07, 6.45) is 9.16. The van der Waals surface area contributed by atoms with E-state index in [0.29, 0.717) is 18.1 Å². The summed E-state index contributed by atoms with van der Waals surface area (Å²) in [7, 11) is 0. The molecular formula is C23H34F2N2OS. The minimum Gasteiger partial charge on any atom is -0.490 e. The normalized spacial score (nSPS) is 13.4. The highest BCUT2D eigenvalue weighted by atomic mass is 32.1. The van der Waals surface area contributed by atoms with E-state index in [2.05, 4.69) is 24.0 Å². The van der Waals surface area contributed by atoms with Gasteiger partial charge < -0.3 is 4.74 Å². The van der Waals surface area contributed by atoms with Gasteiger partial charge in [0.1, 0.15) is 10.5 Å². The molecule has 2 rings (SSSR count). The molecular weight excluding hydrogens is 390 g/mol. The van der Waals surface area contributed by atoms with Crippen LogP contribution in [0.2, 0.25) is 0 Å². The fourth-order valence-corrected chi connectivity index (χ4v) is 4.28. The predicted octanol–water partition coefficient (Wildman–Crippen LogP) is 7.63. The summed E-state index contributed by atoms with van der Waals surface area (Å²) < 4.78 is 34.6. The molecule has 1 aromatic heterocycles. The highest BCUT2D eigenvalue weighted by Gasteiger charge is 2.21. The lowest BCUT2D eigenvalue weighted by atomic mass is 9.89. The number of unbranched alkanes of at least 4 members (excludes halogenated alkanes) is 4. The molecule has 0 saturated carbocycles. The Morgan fingerprint density at radius 1 is 0.966 bits per heavy atom. The minimum atomic E-state index is -0.864. The number of hydrogen-bond donors (Lipinski definition) is 0. The minimum absolute atomic E-state index is 0.0182. The Balaban J connectivity index is 1.95. The van der Waals surface area contributed by atoms with Gasteiger partial charge >= 0.3 is 0 Å². The smallest absolute Gasteiger partial charge is 0.200 e. The van der Waals surface area contributed by atoms with Crippen molar-refractivity contribution in [2.45, 2.75) is 90.4 Å². The van der Waals surface area contributed by atoms with Gasteiger partial charge in [-0.15, -0.1) is 21.5 Å². The molecule has 0 aliphatic carbocycles. The van der Waals surface area contributed by atoms with Crippen molar-refractivity contribution >= 4 is 11.3 Å². The summed E-state index contributed by atoms with van der Waals surface area (Å²) in [5.41, 5.74) is 2.18. The number of aromatic nitrogens is 2. The van der Waals surface area contributed by atoms with E-state index < -0.39 is 11.6 Å². The zero-order valence-electron chi connectivity index (χ0n) is 17.9. The van der Waals surface area contributed by atoms with Crippen LogP contribution in [0.1, 0.15) is 101 Å². The van der Waals surface area contributed by atoms with Crippen molar-refractivity contribution in [2.75, 3.05) is 6.61 Å². The van der Waals surface area contributed by atoms with Gasteiger partial charge in [0, 0.05) is 5.92 Å². The molecule has 0 spiro atoms. The molecule has 2 atom stereocenters. The van der Waals surface area contributed by atoms with Crippen LogP contribution < -0.4 is 4.74 Å². The molecule has 162 valence electrons. The second kappa shape index (κ2) is 12.9. The summed E-state index contributed by atoms with van der Waals surface area (Å²) >= 11 is 1.58. The maximum absolute atomic E-state index is 14.7. The summed E-state index contributed by atoms with van der Waals surface area (Å²) in [5.74, 6) is -1.35. The molecule has 3 nitrogen and oxygen atoms in total. The highest BCUT2D eigenvalue weighted by molar-refractivity contribution is 7.09. The summed E-state index contributed by atoms with van der Waals surface area (Å²) in [6, 6.07) is 3.25. The van der Waals surface area contributed by atoms with Gasteiger partial charge in [-0.1, -0.05) is 58.9 Å². The van der Waals surface area contributed by atoms with E-state index in [4.69, 9.17) is 4.74 Å². The topological polar surface area (TPSA) is 35.0 Å². The lowest BCUT2D eigenvalue weighted by molar-refractivity contribution is 0.284. The van der Waals surface area contributed by atoms with Crippen molar-refractivity contribution in [2.24, 2.45) is 0 Å². The molecule has 1 aromatic carbocycles. The number of nitrogens with zero attached hydrogens (tertiary/aromatic N) is 2. The molecule has 0 aliphatic heterocycles. The zero-order valence-corrected chi connectivity index (χ0v) is 18.7. The first kappa shape index (κ1) is 23.7. The van der Waals surface area contributed by atoms with Crippen LogP contribution in [0.5, 0.6) is 5.75 Å². The Morgan fingerprint density at radius 3 is 2.45 bits per heavy atom. The number of hydrogen-bond acceptors (Lipinski definition) is 4. The Labute approximate surface area is 177 Å². The van der Waals surface area contributed by atoms with Crippen LogP contribution in [0.15, 0.2) is 17.6 Å². The maximum Gasteiger partial charge on any atom is 0.200 e. The van der Waals surface area contributed by atoms with Crippen LogP contribution in [0.3, 0.4) is 0 Å². The monoisotopic (exact) mass is 424 g/mol. The molecule has 0 saturated heterocycles. The summed E-state index contributed by atoms with van der Waals surface area (Å²) in [5, 5.41) is 9.23. The molecule has 0 fully saturated rings. The zero-order chi connectivity index (χ0) is 21.1. The van der Waals surface area contributed by atoms with Gasteiger partial charge in [-0.05, 0) is 43.2 Å². The van der Waals surface area contributed by atoms with Crippen molar-refractivity contribution in [1.82, 2.24) is 10.2 Å². The first-order chi connectivity index (χ1) is 14.1. The van der Waals surface area contributed by atoms with Gasteiger partial charge in [-0.2, -0.15) is 4.39 Å². The number of ether oxygens (including phenoxy) is 1. The Bertz CT molecular complexity index is 709. The van der Waals surface area contributed by atoms with Crippen LogP contribution in [0.4, 0.5) is 8.78 Å². The third-order valence-electron chi connectivity index (χ3n) is 5.44. The molecule has 2 unspecified atom stereocenters. The number of benzene rings is 1. The van der Waals surface area contributed by atoms with E-state index >= 15 is 0 Å². The van der Waals surface area contributed by atoms with Crippen molar-refractivity contribution < 1.29 is 13.5 Å². The maximum atomic E-state index is 14.7. The Kier molecular flexibility index (Phi) is 10.5. The van der Waals surface area contributed by atoms with Crippen LogP contribution in [-0.2, 0) is 0 Å². The molecule has 0 N–H and O–H groups in total. The first-order valence-corrected chi connectivity index (χ1v) is 11.8. The quantitative estimate of drug-likeness (QED) is 0.292. The molecule has 29 heavy (non-hydrogen) atoms. The van der Waals surface area contributed by atoms with Crippen molar-refractivity contribution in [3.8, 4) is 5.75 Å². The predicted molar refractivity (Wildman–Crippen MR) is 116 cm³/mol. The van der Waals surface area contributed by atoms with Gasteiger partial charge in [-0.25, -0.2) is 4.39 Å². The van der Waals surface area contributed by atoms with Crippen molar-refractivity contribution in [3.63, 3.8) is 0 Å². The van der Waals surface area contributed by atoms with Crippen LogP contribution in [-0.4, -0.2) is 16.8 Å². The third kappa shape index (κ3) is 7.32. The SMILES string of the molecule is CCCCCCOc1ccc(C(C)CCC(CCCC)c2nncs2)c(F)c1F.